The molecule has 0 aliphatic heterocycles. The number of hydrogen-bond donors (Lipinski definition) is 0. The predicted molar refractivity (Wildman–Crippen MR) is 51.3 cm³/mol. The van der Waals surface area contributed by atoms with Gasteiger partial charge in [0.2, 0.25) is 0 Å². The first kappa shape index (κ1) is 13.0. The maximum absolute atomic E-state index is 11.2. The summed E-state index contributed by atoms with van der Waals surface area (Å²) in [6.45, 7) is 3.83. The molecule has 0 saturated heterocycles. The number of ketones is 1. The van der Waals surface area contributed by atoms with E-state index in [1.165, 1.54) is 6.08 Å². The van der Waals surface area contributed by atoms with Gasteiger partial charge in [0.15, 0.2) is 0 Å². The Kier molecular flexibility index (Phi) is 7.36. The minimum atomic E-state index is -0.139. The summed E-state index contributed by atoms with van der Waals surface area (Å²) in [6, 6.07) is 0. The Hall–Kier alpha value is -0.0313. The molecule has 0 spiro atoms. The van der Waals surface area contributed by atoms with E-state index in [4.69, 9.17) is 7.81 Å². The third-order valence-corrected chi connectivity index (χ3v) is 2.34. The fourth-order valence-electron chi connectivity index (χ4n) is 0.823. The summed E-state index contributed by atoms with van der Waals surface area (Å²) in [6.07, 6.45) is 2.83. The first-order valence-electron chi connectivity index (χ1n) is 4.26. The summed E-state index contributed by atoms with van der Waals surface area (Å²) in [7, 11) is 1.60. The van der Waals surface area contributed by atoms with Gasteiger partial charge in [0.1, 0.15) is 0 Å². The molecule has 0 aromatic rings. The number of hydrogen-bond acceptors (Lipinski definition) is 3. The number of carbonyl (C=O) groups excluding carboxylic acids is 1. The van der Waals surface area contributed by atoms with Crippen molar-refractivity contribution in [3.05, 3.63) is 11.8 Å². The molecule has 4 heteroatoms. The number of carbonyl (C=O) groups is 1. The zero-order valence-electron chi connectivity index (χ0n) is 8.29. The minimum absolute atomic E-state index is 0.101. The molecule has 0 aliphatic carbocycles. The summed E-state index contributed by atoms with van der Waals surface area (Å²) in [5.74, 6) is 0.725. The molecule has 73 valence electrons. The van der Waals surface area contributed by atoms with Gasteiger partial charge in [-0.25, -0.2) is 0 Å². The summed E-state index contributed by atoms with van der Waals surface area (Å²) in [5.41, 5.74) is 0. The molecule has 0 aromatic heterocycles. The molecule has 0 N–H and O–H groups in total. The van der Waals surface area contributed by atoms with Gasteiger partial charge in [-0.3, -0.25) is 0 Å². The van der Waals surface area contributed by atoms with Crippen molar-refractivity contribution in [2.45, 2.75) is 32.8 Å². The zero-order valence-corrected chi connectivity index (χ0v) is 11.1. The van der Waals surface area contributed by atoms with E-state index in [1.807, 2.05) is 13.8 Å². The van der Waals surface area contributed by atoms with Crippen molar-refractivity contribution in [2.24, 2.45) is 0 Å². The second kappa shape index (κ2) is 7.38. The van der Waals surface area contributed by atoms with Gasteiger partial charge in [0.25, 0.3) is 0 Å². The molecule has 0 saturated carbocycles. The van der Waals surface area contributed by atoms with Gasteiger partial charge in [0.05, 0.1) is 0 Å². The Morgan fingerprint density at radius 1 is 1.62 bits per heavy atom. The third kappa shape index (κ3) is 5.31. The number of rotatable bonds is 6. The van der Waals surface area contributed by atoms with Crippen molar-refractivity contribution < 1.29 is 12.6 Å². The van der Waals surface area contributed by atoms with E-state index in [1.54, 1.807) is 7.11 Å². The van der Waals surface area contributed by atoms with Crippen LogP contribution in [0.5, 0.6) is 0 Å². The number of ether oxygens (including phenoxy) is 1. The van der Waals surface area contributed by atoms with Gasteiger partial charge >= 0.3 is 93.1 Å². The average Bonchev–Trinajstić information content (AvgIpc) is 2.13. The molecule has 1 unspecified atom stereocenters. The van der Waals surface area contributed by atoms with E-state index in [0.717, 1.165) is 29.4 Å². The Balaban J connectivity index is 4.28. The molecular formula is C9H15O3Sn. The van der Waals surface area contributed by atoms with Crippen LogP contribution in [0, 0.1) is 0 Å². The maximum atomic E-state index is 11.2. The molecule has 0 rings (SSSR count). The van der Waals surface area contributed by atoms with Gasteiger partial charge in [0, 0.05) is 0 Å². The van der Waals surface area contributed by atoms with Crippen LogP contribution in [0.25, 0.3) is 0 Å². The van der Waals surface area contributed by atoms with Crippen LogP contribution < -0.4 is 0 Å². The Morgan fingerprint density at radius 3 is 2.62 bits per heavy atom. The van der Waals surface area contributed by atoms with E-state index in [9.17, 15) is 4.79 Å². The second-order valence-electron chi connectivity index (χ2n) is 2.74. The SMILES string of the molecule is CCCC(=O)/C=C(\[O][Sn])C(C)OC. The third-order valence-electron chi connectivity index (χ3n) is 1.67. The predicted octanol–water partition coefficient (Wildman–Crippen LogP) is 1.37. The molecule has 3 nitrogen and oxygen atoms in total. The molecule has 3 radical (unpaired) electrons. The molecule has 0 aromatic carbocycles. The van der Waals surface area contributed by atoms with E-state index < -0.39 is 0 Å². The van der Waals surface area contributed by atoms with E-state index in [2.05, 4.69) is 0 Å². The van der Waals surface area contributed by atoms with E-state index >= 15 is 0 Å². The van der Waals surface area contributed by atoms with Crippen LogP contribution in [0.2, 0.25) is 0 Å². The normalized spacial score (nSPS) is 14.0. The van der Waals surface area contributed by atoms with Gasteiger partial charge in [-0.05, 0) is 0 Å². The van der Waals surface area contributed by atoms with Gasteiger partial charge < -0.3 is 0 Å². The van der Waals surface area contributed by atoms with Gasteiger partial charge in [-0.15, -0.1) is 0 Å². The number of methoxy groups -OCH3 is 1. The molecule has 0 amide bonds. The molecule has 0 fully saturated rings. The average molecular weight is 290 g/mol. The summed E-state index contributed by atoms with van der Waals surface area (Å²) < 4.78 is 10.2. The fourth-order valence-corrected chi connectivity index (χ4v) is 1.47. The van der Waals surface area contributed by atoms with Crippen molar-refractivity contribution in [2.75, 3.05) is 7.11 Å². The van der Waals surface area contributed by atoms with Gasteiger partial charge in [-0.2, -0.15) is 0 Å². The molecule has 0 aliphatic rings. The van der Waals surface area contributed by atoms with Crippen LogP contribution in [-0.4, -0.2) is 41.9 Å². The molecule has 1 atom stereocenters. The Labute approximate surface area is 93.1 Å². The van der Waals surface area contributed by atoms with Crippen LogP contribution in [0.15, 0.2) is 11.8 Å². The number of allylic oxidation sites excluding steroid dienone is 1. The first-order chi connectivity index (χ1) is 6.15. The summed E-state index contributed by atoms with van der Waals surface area (Å²) in [4.78, 5) is 11.2. The van der Waals surface area contributed by atoms with Crippen molar-refractivity contribution in [1.29, 1.82) is 0 Å². The van der Waals surface area contributed by atoms with Crippen molar-refractivity contribution in [3.63, 3.8) is 0 Å². The Bertz CT molecular complexity index is 189. The molecule has 13 heavy (non-hydrogen) atoms. The molecular weight excluding hydrogens is 275 g/mol. The zero-order chi connectivity index (χ0) is 10.3. The topological polar surface area (TPSA) is 35.5 Å². The van der Waals surface area contributed by atoms with Crippen LogP contribution in [0.1, 0.15) is 26.7 Å². The Morgan fingerprint density at radius 2 is 2.23 bits per heavy atom. The second-order valence-corrected chi connectivity index (χ2v) is 3.33. The fraction of sp³-hybridized carbons (Fsp3) is 0.667. The van der Waals surface area contributed by atoms with Gasteiger partial charge in [-0.1, -0.05) is 0 Å². The van der Waals surface area contributed by atoms with Crippen LogP contribution in [0.4, 0.5) is 0 Å². The van der Waals surface area contributed by atoms with Crippen molar-refractivity contribution >= 4 is 28.7 Å². The quantitative estimate of drug-likeness (QED) is 0.421. The van der Waals surface area contributed by atoms with Crippen molar-refractivity contribution in [1.82, 2.24) is 0 Å². The summed E-state index contributed by atoms with van der Waals surface area (Å²) in [5, 5.41) is 0. The van der Waals surface area contributed by atoms with E-state index in [0.29, 0.717) is 12.2 Å². The van der Waals surface area contributed by atoms with Crippen molar-refractivity contribution in [3.8, 4) is 0 Å². The van der Waals surface area contributed by atoms with E-state index in [-0.39, 0.29) is 11.9 Å². The molecule has 0 bridgehead atoms. The molecule has 0 heterocycles. The van der Waals surface area contributed by atoms with Crippen LogP contribution in [-0.2, 0) is 12.6 Å². The standard InChI is InChI=1S/C9H16O3.Sn/c1-4-5-8(10)6-9(11)7(2)12-3;/h6-7,11H,4-5H2,1-3H3;/q;+1/p-1/b9-6-;. The van der Waals surface area contributed by atoms with Crippen LogP contribution in [0.3, 0.4) is 0 Å². The first-order valence-corrected chi connectivity index (χ1v) is 5.43. The monoisotopic (exact) mass is 291 g/mol. The van der Waals surface area contributed by atoms with Crippen LogP contribution >= 0.6 is 0 Å². The summed E-state index contributed by atoms with van der Waals surface area (Å²) >= 11 is 0.921.